The van der Waals surface area contributed by atoms with E-state index in [1.165, 1.54) is 5.56 Å². The summed E-state index contributed by atoms with van der Waals surface area (Å²) in [5, 5.41) is 0. The van der Waals surface area contributed by atoms with Gasteiger partial charge in [0.05, 0.1) is 0 Å². The molecule has 0 saturated heterocycles. The monoisotopic (exact) mass is 331 g/mol. The second-order valence-corrected chi connectivity index (χ2v) is 5.67. The molecule has 0 amide bonds. The number of likely N-dealkylation sites (N-methyl/N-ethyl adjacent to an activating group) is 1. The van der Waals surface area contributed by atoms with Gasteiger partial charge < -0.3 is 14.2 Å². The van der Waals surface area contributed by atoms with Crippen molar-refractivity contribution in [2.24, 2.45) is 0 Å². The fourth-order valence-corrected chi connectivity index (χ4v) is 2.36. The number of nitrogens with zero attached hydrogens (tertiary/aromatic N) is 3. The van der Waals surface area contributed by atoms with Crippen molar-refractivity contribution in [2.75, 3.05) is 32.1 Å². The van der Waals surface area contributed by atoms with E-state index in [9.17, 15) is 0 Å². The summed E-state index contributed by atoms with van der Waals surface area (Å²) in [6.07, 6.45) is 0. The van der Waals surface area contributed by atoms with Crippen LogP contribution in [0.2, 0.25) is 0 Å². The first kappa shape index (κ1) is 17.3. The van der Waals surface area contributed by atoms with E-state index in [4.69, 9.17) is 4.42 Å². The first-order chi connectivity index (χ1) is 10.7. The van der Waals surface area contributed by atoms with E-state index in [0.29, 0.717) is 6.01 Å². The van der Waals surface area contributed by atoms with Gasteiger partial charge in [0.15, 0.2) is 5.58 Å². The zero-order chi connectivity index (χ0) is 15.4. The number of anilines is 1. The summed E-state index contributed by atoms with van der Waals surface area (Å²) in [6.45, 7) is 2.61. The summed E-state index contributed by atoms with van der Waals surface area (Å²) in [5.74, 6) is 0. The molecule has 2 aromatic carbocycles. The second kappa shape index (κ2) is 7.99. The molecule has 122 valence electrons. The smallest absolute Gasteiger partial charge is 0.298 e. The van der Waals surface area contributed by atoms with Crippen molar-refractivity contribution in [1.29, 1.82) is 0 Å². The van der Waals surface area contributed by atoms with Crippen molar-refractivity contribution < 1.29 is 4.42 Å². The highest BCUT2D eigenvalue weighted by Crippen LogP contribution is 2.22. The number of oxazole rings is 1. The third kappa shape index (κ3) is 4.47. The molecule has 4 nitrogen and oxygen atoms in total. The van der Waals surface area contributed by atoms with E-state index in [-0.39, 0.29) is 12.4 Å². The lowest BCUT2D eigenvalue weighted by molar-refractivity contribution is 0.406. The van der Waals surface area contributed by atoms with Gasteiger partial charge in [0, 0.05) is 19.6 Å². The molecule has 0 aliphatic heterocycles. The Kier molecular flexibility index (Phi) is 6.02. The number of benzene rings is 2. The molecule has 0 spiro atoms. The van der Waals surface area contributed by atoms with Gasteiger partial charge in [0.1, 0.15) is 5.52 Å². The maximum absolute atomic E-state index is 5.93. The molecule has 0 fully saturated rings. The molecule has 23 heavy (non-hydrogen) atoms. The highest BCUT2D eigenvalue weighted by molar-refractivity contribution is 5.85. The van der Waals surface area contributed by atoms with E-state index < -0.39 is 0 Å². The van der Waals surface area contributed by atoms with E-state index >= 15 is 0 Å². The van der Waals surface area contributed by atoms with Gasteiger partial charge in [0.25, 0.3) is 6.01 Å². The number of hydrogen-bond donors (Lipinski definition) is 0. The van der Waals surface area contributed by atoms with E-state index in [1.54, 1.807) is 0 Å². The molecule has 0 atom stereocenters. The van der Waals surface area contributed by atoms with Crippen LogP contribution in [0.15, 0.2) is 59.0 Å². The van der Waals surface area contributed by atoms with Crippen LogP contribution in [0.25, 0.3) is 11.1 Å². The molecule has 0 N–H and O–H groups in total. The molecule has 1 heterocycles. The molecule has 0 radical (unpaired) electrons. The topological polar surface area (TPSA) is 32.5 Å². The van der Waals surface area contributed by atoms with Crippen molar-refractivity contribution in [1.82, 2.24) is 9.88 Å². The highest BCUT2D eigenvalue weighted by atomic mass is 35.5. The molecular weight excluding hydrogens is 310 g/mol. The Morgan fingerprint density at radius 1 is 0.913 bits per heavy atom. The minimum absolute atomic E-state index is 0. The predicted octanol–water partition coefficient (Wildman–Crippen LogP) is 3.82. The zero-order valence-corrected chi connectivity index (χ0v) is 14.3. The van der Waals surface area contributed by atoms with Gasteiger partial charge in [-0.05, 0) is 31.8 Å². The molecule has 5 heteroatoms. The predicted molar refractivity (Wildman–Crippen MR) is 97.3 cm³/mol. The summed E-state index contributed by atoms with van der Waals surface area (Å²) in [5.41, 5.74) is 2.99. The van der Waals surface area contributed by atoms with Crippen LogP contribution >= 0.6 is 12.4 Å². The van der Waals surface area contributed by atoms with Crippen molar-refractivity contribution in [3.8, 4) is 0 Å². The Morgan fingerprint density at radius 3 is 2.30 bits per heavy atom. The summed E-state index contributed by atoms with van der Waals surface area (Å²) in [4.78, 5) is 8.99. The Hall–Kier alpha value is -2.04. The van der Waals surface area contributed by atoms with Crippen LogP contribution in [-0.2, 0) is 6.54 Å². The summed E-state index contributed by atoms with van der Waals surface area (Å²) >= 11 is 0. The van der Waals surface area contributed by atoms with E-state index in [2.05, 4.69) is 53.1 Å². The second-order valence-electron chi connectivity index (χ2n) is 5.67. The van der Waals surface area contributed by atoms with Crippen LogP contribution in [0.1, 0.15) is 5.56 Å². The van der Waals surface area contributed by atoms with Crippen molar-refractivity contribution in [3.63, 3.8) is 0 Å². The van der Waals surface area contributed by atoms with Gasteiger partial charge >= 0.3 is 0 Å². The molecule has 0 aliphatic rings. The van der Waals surface area contributed by atoms with Gasteiger partial charge in [-0.25, -0.2) is 0 Å². The minimum Gasteiger partial charge on any atom is -0.423 e. The lowest BCUT2D eigenvalue weighted by atomic mass is 10.2. The van der Waals surface area contributed by atoms with Gasteiger partial charge in [-0.3, -0.25) is 0 Å². The summed E-state index contributed by atoms with van der Waals surface area (Å²) < 4.78 is 5.93. The maximum atomic E-state index is 5.93. The third-order valence-electron chi connectivity index (χ3n) is 3.59. The number of fused-ring (bicyclic) bond motifs is 1. The number of hydrogen-bond acceptors (Lipinski definition) is 4. The minimum atomic E-state index is 0. The SMILES string of the molecule is CN(C)CCN(Cc1ccccc1)c1nc2ccccc2o1.Cl. The lowest BCUT2D eigenvalue weighted by Gasteiger charge is -2.22. The van der Waals surface area contributed by atoms with Crippen LogP contribution in [0.3, 0.4) is 0 Å². The average Bonchev–Trinajstić information content (AvgIpc) is 2.96. The molecule has 0 saturated carbocycles. The van der Waals surface area contributed by atoms with Gasteiger partial charge in [-0.15, -0.1) is 12.4 Å². The molecule has 0 unspecified atom stereocenters. The van der Waals surface area contributed by atoms with Crippen LogP contribution < -0.4 is 4.90 Å². The normalized spacial score (nSPS) is 10.7. The Bertz CT molecular complexity index is 694. The first-order valence-electron chi connectivity index (χ1n) is 7.51. The summed E-state index contributed by atoms with van der Waals surface area (Å²) in [7, 11) is 4.15. The molecular formula is C18H22ClN3O. The van der Waals surface area contributed by atoms with Crippen molar-refractivity contribution in [2.45, 2.75) is 6.54 Å². The lowest BCUT2D eigenvalue weighted by Crippen LogP contribution is -2.31. The van der Waals surface area contributed by atoms with Gasteiger partial charge in [0.2, 0.25) is 0 Å². The van der Waals surface area contributed by atoms with Gasteiger partial charge in [-0.1, -0.05) is 42.5 Å². The number of para-hydroxylation sites is 2. The Balaban J connectivity index is 0.00000192. The number of rotatable bonds is 6. The average molecular weight is 332 g/mol. The number of halogens is 1. The van der Waals surface area contributed by atoms with E-state index in [1.807, 2.05) is 30.3 Å². The third-order valence-corrected chi connectivity index (χ3v) is 3.59. The zero-order valence-electron chi connectivity index (χ0n) is 13.5. The van der Waals surface area contributed by atoms with Crippen molar-refractivity contribution >= 4 is 29.5 Å². The van der Waals surface area contributed by atoms with Crippen molar-refractivity contribution in [3.05, 3.63) is 60.2 Å². The Labute approximate surface area is 143 Å². The first-order valence-corrected chi connectivity index (χ1v) is 7.51. The molecule has 0 bridgehead atoms. The van der Waals surface area contributed by atoms with Crippen LogP contribution in [0, 0.1) is 0 Å². The fraction of sp³-hybridized carbons (Fsp3) is 0.278. The van der Waals surface area contributed by atoms with Crippen LogP contribution in [0.4, 0.5) is 6.01 Å². The van der Waals surface area contributed by atoms with E-state index in [0.717, 1.165) is 30.7 Å². The van der Waals surface area contributed by atoms with Gasteiger partial charge in [-0.2, -0.15) is 4.98 Å². The highest BCUT2D eigenvalue weighted by Gasteiger charge is 2.14. The quantitative estimate of drug-likeness (QED) is 0.687. The standard InChI is InChI=1S/C18H21N3O.ClH/c1-20(2)12-13-21(14-15-8-4-3-5-9-15)18-19-16-10-6-7-11-17(16)22-18;/h3-11H,12-14H2,1-2H3;1H. The van der Waals surface area contributed by atoms with Crippen LogP contribution in [0.5, 0.6) is 0 Å². The summed E-state index contributed by atoms with van der Waals surface area (Å²) in [6, 6.07) is 19.0. The number of aromatic nitrogens is 1. The maximum Gasteiger partial charge on any atom is 0.298 e. The molecule has 0 aliphatic carbocycles. The molecule has 3 aromatic rings. The largest absolute Gasteiger partial charge is 0.423 e. The van der Waals surface area contributed by atoms with Crippen LogP contribution in [-0.4, -0.2) is 37.1 Å². The molecule has 3 rings (SSSR count). The Morgan fingerprint density at radius 2 is 1.61 bits per heavy atom. The fourth-order valence-electron chi connectivity index (χ4n) is 2.36. The molecule has 1 aromatic heterocycles.